The Hall–Kier alpha value is -0.810. The Bertz CT molecular complexity index is 340. The van der Waals surface area contributed by atoms with Crippen LogP contribution in [-0.4, -0.2) is 50.0 Å². The second kappa shape index (κ2) is 7.99. The van der Waals surface area contributed by atoms with Crippen LogP contribution in [0, 0.1) is 11.3 Å². The number of ether oxygens (including phenoxy) is 1. The summed E-state index contributed by atoms with van der Waals surface area (Å²) in [7, 11) is 0. The van der Waals surface area contributed by atoms with Crippen LogP contribution in [0.2, 0.25) is 0 Å². The maximum atomic E-state index is 9.27. The maximum absolute atomic E-state index is 9.27. The van der Waals surface area contributed by atoms with Crippen molar-refractivity contribution in [2.75, 3.05) is 32.9 Å². The average Bonchev–Trinajstić information content (AvgIpc) is 3.02. The molecule has 2 rings (SSSR count). The van der Waals surface area contributed by atoms with Gasteiger partial charge in [-0.15, -0.1) is 0 Å². The highest BCUT2D eigenvalue weighted by Gasteiger charge is 2.37. The molecule has 1 aliphatic heterocycles. The van der Waals surface area contributed by atoms with E-state index in [1.807, 2.05) is 0 Å². The van der Waals surface area contributed by atoms with Crippen molar-refractivity contribution < 1.29 is 9.84 Å². The molecule has 3 unspecified atom stereocenters. The van der Waals surface area contributed by atoms with E-state index in [2.05, 4.69) is 24.5 Å². The van der Waals surface area contributed by atoms with Gasteiger partial charge in [0.05, 0.1) is 13.2 Å². The molecular formula is C16H31N3O2. The fourth-order valence-electron chi connectivity index (χ4n) is 3.14. The first kappa shape index (κ1) is 16.6. The number of aliphatic imine (C=N–C) groups is 1. The molecule has 1 heterocycles. The summed E-state index contributed by atoms with van der Waals surface area (Å²) in [4.78, 5) is 4.76. The zero-order valence-electron chi connectivity index (χ0n) is 13.5. The number of aliphatic hydroxyl groups is 1. The SMILES string of the molecule is CCCC1CC1NC(=NCC1(CCO)CCOC1)NCC. The molecule has 21 heavy (non-hydrogen) atoms. The van der Waals surface area contributed by atoms with Crippen LogP contribution in [0.25, 0.3) is 0 Å². The first-order valence-corrected chi connectivity index (χ1v) is 8.46. The normalized spacial score (nSPS) is 32.2. The Morgan fingerprint density at radius 3 is 2.90 bits per heavy atom. The van der Waals surface area contributed by atoms with Gasteiger partial charge in [0.25, 0.3) is 0 Å². The highest BCUT2D eigenvalue weighted by atomic mass is 16.5. The maximum Gasteiger partial charge on any atom is 0.191 e. The van der Waals surface area contributed by atoms with Gasteiger partial charge in [-0.1, -0.05) is 13.3 Å². The molecule has 0 bridgehead atoms. The minimum atomic E-state index is 0.0312. The number of nitrogens with one attached hydrogen (secondary N) is 2. The summed E-state index contributed by atoms with van der Waals surface area (Å²) in [6, 6.07) is 0.594. The molecule has 122 valence electrons. The van der Waals surface area contributed by atoms with Crippen molar-refractivity contribution in [2.45, 2.75) is 52.0 Å². The van der Waals surface area contributed by atoms with Crippen LogP contribution >= 0.6 is 0 Å². The minimum Gasteiger partial charge on any atom is -0.396 e. The monoisotopic (exact) mass is 297 g/mol. The Morgan fingerprint density at radius 1 is 1.43 bits per heavy atom. The third kappa shape index (κ3) is 4.85. The third-order valence-electron chi connectivity index (χ3n) is 4.65. The Morgan fingerprint density at radius 2 is 2.29 bits per heavy atom. The molecule has 1 saturated heterocycles. The molecule has 0 aromatic heterocycles. The van der Waals surface area contributed by atoms with Gasteiger partial charge in [0.2, 0.25) is 0 Å². The fraction of sp³-hybridized carbons (Fsp3) is 0.938. The summed E-state index contributed by atoms with van der Waals surface area (Å²) in [6.07, 6.45) is 5.60. The molecule has 0 aromatic rings. The van der Waals surface area contributed by atoms with Crippen LogP contribution in [-0.2, 0) is 4.74 Å². The van der Waals surface area contributed by atoms with Gasteiger partial charge in [-0.25, -0.2) is 0 Å². The smallest absolute Gasteiger partial charge is 0.191 e. The third-order valence-corrected chi connectivity index (χ3v) is 4.65. The molecule has 1 aliphatic carbocycles. The lowest BCUT2D eigenvalue weighted by molar-refractivity contribution is 0.131. The van der Waals surface area contributed by atoms with Crippen molar-refractivity contribution in [2.24, 2.45) is 16.3 Å². The highest BCUT2D eigenvalue weighted by molar-refractivity contribution is 5.80. The molecule has 5 nitrogen and oxygen atoms in total. The first-order valence-electron chi connectivity index (χ1n) is 8.46. The van der Waals surface area contributed by atoms with Crippen LogP contribution in [0.4, 0.5) is 0 Å². The standard InChI is InChI=1S/C16H31N3O2/c1-3-5-13-10-14(13)19-15(17-4-2)18-11-16(6-8-20)7-9-21-12-16/h13-14,20H,3-12H2,1-2H3,(H2,17,18,19). The average molecular weight is 297 g/mol. The molecule has 0 radical (unpaired) electrons. The summed E-state index contributed by atoms with van der Waals surface area (Å²) < 4.78 is 5.53. The van der Waals surface area contributed by atoms with Gasteiger partial charge in [-0.3, -0.25) is 4.99 Å². The van der Waals surface area contributed by atoms with Crippen LogP contribution in [0.5, 0.6) is 0 Å². The molecule has 5 heteroatoms. The quantitative estimate of drug-likeness (QED) is 0.469. The zero-order valence-corrected chi connectivity index (χ0v) is 13.5. The molecule has 0 spiro atoms. The molecule has 1 saturated carbocycles. The topological polar surface area (TPSA) is 65.9 Å². The number of nitrogens with zero attached hydrogens (tertiary/aromatic N) is 1. The van der Waals surface area contributed by atoms with Crippen molar-refractivity contribution in [3.8, 4) is 0 Å². The van der Waals surface area contributed by atoms with Crippen molar-refractivity contribution in [3.05, 3.63) is 0 Å². The molecule has 2 aliphatic rings. The Labute approximate surface area is 128 Å². The van der Waals surface area contributed by atoms with Gasteiger partial charge in [0.15, 0.2) is 5.96 Å². The van der Waals surface area contributed by atoms with Gasteiger partial charge in [-0.2, -0.15) is 0 Å². The number of guanidine groups is 1. The van der Waals surface area contributed by atoms with Crippen molar-refractivity contribution in [3.63, 3.8) is 0 Å². The predicted molar refractivity (Wildman–Crippen MR) is 85.5 cm³/mol. The number of aliphatic hydroxyl groups excluding tert-OH is 1. The molecule has 2 fully saturated rings. The van der Waals surface area contributed by atoms with Crippen molar-refractivity contribution >= 4 is 5.96 Å². The minimum absolute atomic E-state index is 0.0312. The first-order chi connectivity index (χ1) is 10.2. The lowest BCUT2D eigenvalue weighted by Crippen LogP contribution is -2.40. The van der Waals surface area contributed by atoms with Crippen LogP contribution < -0.4 is 10.6 Å². The van der Waals surface area contributed by atoms with E-state index in [-0.39, 0.29) is 12.0 Å². The van der Waals surface area contributed by atoms with E-state index in [1.165, 1.54) is 19.3 Å². The van der Waals surface area contributed by atoms with Crippen molar-refractivity contribution in [1.82, 2.24) is 10.6 Å². The number of hydrogen-bond acceptors (Lipinski definition) is 3. The summed E-state index contributed by atoms with van der Waals surface area (Å²) in [5.41, 5.74) is 0.0312. The number of rotatable bonds is 8. The van der Waals surface area contributed by atoms with E-state index in [9.17, 15) is 5.11 Å². The van der Waals surface area contributed by atoms with Gasteiger partial charge < -0.3 is 20.5 Å². The largest absolute Gasteiger partial charge is 0.396 e. The summed E-state index contributed by atoms with van der Waals surface area (Å²) in [5.74, 6) is 1.74. The predicted octanol–water partition coefficient (Wildman–Crippen LogP) is 1.52. The highest BCUT2D eigenvalue weighted by Crippen LogP contribution is 2.35. The lowest BCUT2D eigenvalue weighted by Gasteiger charge is -2.24. The van der Waals surface area contributed by atoms with Crippen LogP contribution in [0.1, 0.15) is 46.0 Å². The van der Waals surface area contributed by atoms with E-state index in [4.69, 9.17) is 9.73 Å². The molecule has 0 amide bonds. The molecular weight excluding hydrogens is 266 g/mol. The van der Waals surface area contributed by atoms with Gasteiger partial charge in [0.1, 0.15) is 0 Å². The van der Waals surface area contributed by atoms with Gasteiger partial charge >= 0.3 is 0 Å². The van der Waals surface area contributed by atoms with E-state index in [0.717, 1.165) is 51.0 Å². The molecule has 0 aromatic carbocycles. The molecule has 3 N–H and O–H groups in total. The Balaban J connectivity index is 1.87. The van der Waals surface area contributed by atoms with Crippen LogP contribution in [0.3, 0.4) is 0 Å². The summed E-state index contributed by atoms with van der Waals surface area (Å²) in [5, 5.41) is 16.2. The second-order valence-electron chi connectivity index (χ2n) is 6.51. The second-order valence-corrected chi connectivity index (χ2v) is 6.51. The summed E-state index contributed by atoms with van der Waals surface area (Å²) in [6.45, 7) is 7.67. The zero-order chi connectivity index (χ0) is 15.1. The van der Waals surface area contributed by atoms with Gasteiger partial charge in [0, 0.05) is 31.2 Å². The van der Waals surface area contributed by atoms with E-state index in [1.54, 1.807) is 0 Å². The Kier molecular flexibility index (Phi) is 6.30. The van der Waals surface area contributed by atoms with Gasteiger partial charge in [-0.05, 0) is 38.5 Å². The lowest BCUT2D eigenvalue weighted by atomic mass is 9.84. The molecule has 3 atom stereocenters. The summed E-state index contributed by atoms with van der Waals surface area (Å²) >= 11 is 0. The van der Waals surface area contributed by atoms with Crippen LogP contribution in [0.15, 0.2) is 4.99 Å². The number of hydrogen-bond donors (Lipinski definition) is 3. The van der Waals surface area contributed by atoms with E-state index >= 15 is 0 Å². The fourth-order valence-corrected chi connectivity index (χ4v) is 3.14. The van der Waals surface area contributed by atoms with E-state index < -0.39 is 0 Å². The van der Waals surface area contributed by atoms with Crippen molar-refractivity contribution in [1.29, 1.82) is 0 Å². The van der Waals surface area contributed by atoms with E-state index in [0.29, 0.717) is 6.04 Å².